The number of nitro groups is 1. The molecule has 18 heavy (non-hydrogen) atoms. The van der Waals surface area contributed by atoms with E-state index in [1.807, 2.05) is 11.4 Å². The van der Waals surface area contributed by atoms with Crippen molar-refractivity contribution in [3.63, 3.8) is 0 Å². The topological polar surface area (TPSA) is 68.1 Å². The highest BCUT2D eigenvalue weighted by molar-refractivity contribution is 7.09. The van der Waals surface area contributed by atoms with Crippen LogP contribution >= 0.6 is 11.3 Å². The Bertz CT molecular complexity index is 540. The molecule has 0 saturated carbocycles. The molecule has 0 fully saturated rings. The van der Waals surface area contributed by atoms with Gasteiger partial charge >= 0.3 is 0 Å². The maximum absolute atomic E-state index is 10.8. The van der Waals surface area contributed by atoms with Crippen LogP contribution in [0.4, 0.5) is 5.69 Å². The van der Waals surface area contributed by atoms with Gasteiger partial charge in [0.2, 0.25) is 0 Å². The lowest BCUT2D eigenvalue weighted by molar-refractivity contribution is -0.385. The lowest BCUT2D eigenvalue weighted by Crippen LogP contribution is -2.13. The van der Waals surface area contributed by atoms with Gasteiger partial charge in [-0.3, -0.25) is 10.1 Å². The molecule has 94 valence electrons. The van der Waals surface area contributed by atoms with Gasteiger partial charge in [-0.25, -0.2) is 4.98 Å². The van der Waals surface area contributed by atoms with Gasteiger partial charge in [-0.2, -0.15) is 0 Å². The summed E-state index contributed by atoms with van der Waals surface area (Å²) in [5.74, 6) is 0. The second kappa shape index (κ2) is 5.70. The molecule has 6 heteroatoms. The summed E-state index contributed by atoms with van der Waals surface area (Å²) in [5.41, 5.74) is 1.83. The average molecular weight is 263 g/mol. The molecule has 1 N–H and O–H groups in total. The molecule has 0 unspecified atom stereocenters. The summed E-state index contributed by atoms with van der Waals surface area (Å²) in [4.78, 5) is 14.6. The second-order valence-corrected chi connectivity index (χ2v) is 4.83. The first-order valence-electron chi connectivity index (χ1n) is 5.50. The minimum absolute atomic E-state index is 0.170. The fourth-order valence-corrected chi connectivity index (χ4v) is 2.29. The van der Waals surface area contributed by atoms with Crippen LogP contribution in [0, 0.1) is 17.0 Å². The Balaban J connectivity index is 2.01. The van der Waals surface area contributed by atoms with Crippen molar-refractivity contribution in [3.8, 4) is 0 Å². The van der Waals surface area contributed by atoms with E-state index >= 15 is 0 Å². The number of rotatable bonds is 5. The second-order valence-electron chi connectivity index (χ2n) is 3.85. The molecular weight excluding hydrogens is 250 g/mol. The van der Waals surface area contributed by atoms with Crippen LogP contribution in [0.5, 0.6) is 0 Å². The van der Waals surface area contributed by atoms with E-state index in [1.54, 1.807) is 30.5 Å². The maximum atomic E-state index is 10.8. The third-order valence-corrected chi connectivity index (χ3v) is 3.47. The molecule has 2 aromatic rings. The predicted molar refractivity (Wildman–Crippen MR) is 70.5 cm³/mol. The van der Waals surface area contributed by atoms with Gasteiger partial charge in [0, 0.05) is 36.3 Å². The van der Waals surface area contributed by atoms with Crippen molar-refractivity contribution < 1.29 is 4.92 Å². The highest BCUT2D eigenvalue weighted by atomic mass is 32.1. The summed E-state index contributed by atoms with van der Waals surface area (Å²) in [6, 6.07) is 5.14. The van der Waals surface area contributed by atoms with Gasteiger partial charge in [0.15, 0.2) is 0 Å². The molecule has 0 bridgehead atoms. The first kappa shape index (κ1) is 12.7. The Morgan fingerprint density at radius 3 is 2.94 bits per heavy atom. The summed E-state index contributed by atoms with van der Waals surface area (Å²) < 4.78 is 0. The van der Waals surface area contributed by atoms with E-state index in [0.29, 0.717) is 18.7 Å². The molecule has 0 radical (unpaired) electrons. The number of benzene rings is 1. The predicted octanol–water partition coefficient (Wildman–Crippen LogP) is 2.65. The number of hydrogen-bond donors (Lipinski definition) is 1. The molecule has 0 aliphatic heterocycles. The lowest BCUT2D eigenvalue weighted by atomic mass is 10.1. The fourth-order valence-electron chi connectivity index (χ4n) is 1.70. The molecule has 2 rings (SSSR count). The van der Waals surface area contributed by atoms with Gasteiger partial charge in [0.05, 0.1) is 4.92 Å². The highest BCUT2D eigenvalue weighted by Gasteiger charge is 2.12. The van der Waals surface area contributed by atoms with Crippen LogP contribution in [0.25, 0.3) is 0 Å². The van der Waals surface area contributed by atoms with Crippen LogP contribution in [0.2, 0.25) is 0 Å². The Kier molecular flexibility index (Phi) is 4.01. The Labute approximate surface area is 109 Å². The Morgan fingerprint density at radius 2 is 2.28 bits per heavy atom. The zero-order valence-electron chi connectivity index (χ0n) is 9.92. The fraction of sp³-hybridized carbons (Fsp3) is 0.250. The molecule has 0 saturated heterocycles. The van der Waals surface area contributed by atoms with Crippen molar-refractivity contribution in [1.82, 2.24) is 10.3 Å². The standard InChI is InChI=1S/C12H13N3O2S/c1-9-10(3-2-4-11(9)15(16)17)7-13-8-12-14-5-6-18-12/h2-6,13H,7-8H2,1H3. The summed E-state index contributed by atoms with van der Waals surface area (Å²) in [6.07, 6.45) is 1.76. The minimum Gasteiger partial charge on any atom is -0.306 e. The van der Waals surface area contributed by atoms with Crippen molar-refractivity contribution in [3.05, 3.63) is 56.0 Å². The number of aromatic nitrogens is 1. The van der Waals surface area contributed by atoms with Crippen LogP contribution in [0.1, 0.15) is 16.1 Å². The first-order valence-corrected chi connectivity index (χ1v) is 6.38. The number of nitrogens with zero attached hydrogens (tertiary/aromatic N) is 2. The third-order valence-electron chi connectivity index (χ3n) is 2.69. The molecule has 0 atom stereocenters. The van der Waals surface area contributed by atoms with Crippen molar-refractivity contribution in [1.29, 1.82) is 0 Å². The summed E-state index contributed by atoms with van der Waals surface area (Å²) in [7, 11) is 0. The van der Waals surface area contributed by atoms with Crippen molar-refractivity contribution >= 4 is 17.0 Å². The van der Waals surface area contributed by atoms with E-state index in [9.17, 15) is 10.1 Å². The zero-order chi connectivity index (χ0) is 13.0. The van der Waals surface area contributed by atoms with Crippen LogP contribution in [-0.2, 0) is 13.1 Å². The monoisotopic (exact) mass is 263 g/mol. The van der Waals surface area contributed by atoms with Crippen molar-refractivity contribution in [2.45, 2.75) is 20.0 Å². The number of hydrogen-bond acceptors (Lipinski definition) is 5. The molecule has 1 aromatic carbocycles. The molecular formula is C12H13N3O2S. The molecule has 1 heterocycles. The Hall–Kier alpha value is -1.79. The molecule has 0 spiro atoms. The summed E-state index contributed by atoms with van der Waals surface area (Å²) in [6.45, 7) is 3.06. The molecule has 0 amide bonds. The molecule has 5 nitrogen and oxygen atoms in total. The van der Waals surface area contributed by atoms with Gasteiger partial charge in [-0.05, 0) is 12.5 Å². The van der Waals surface area contributed by atoms with Gasteiger partial charge < -0.3 is 5.32 Å². The van der Waals surface area contributed by atoms with E-state index in [1.165, 1.54) is 6.07 Å². The van der Waals surface area contributed by atoms with Gasteiger partial charge in [0.1, 0.15) is 5.01 Å². The average Bonchev–Trinajstić information content (AvgIpc) is 2.84. The van der Waals surface area contributed by atoms with Gasteiger partial charge in [-0.15, -0.1) is 11.3 Å². The largest absolute Gasteiger partial charge is 0.306 e. The summed E-state index contributed by atoms with van der Waals surface area (Å²) >= 11 is 1.59. The van der Waals surface area contributed by atoms with Gasteiger partial charge in [0.25, 0.3) is 5.69 Å². The third kappa shape index (κ3) is 2.91. The lowest BCUT2D eigenvalue weighted by Gasteiger charge is -2.06. The number of nitro benzene ring substituents is 1. The van der Waals surface area contributed by atoms with Crippen LogP contribution in [-0.4, -0.2) is 9.91 Å². The SMILES string of the molecule is Cc1c(CNCc2nccs2)cccc1[N+](=O)[O-]. The molecule has 1 aromatic heterocycles. The van der Waals surface area contributed by atoms with E-state index in [0.717, 1.165) is 10.6 Å². The molecule has 0 aliphatic rings. The van der Waals surface area contributed by atoms with E-state index in [-0.39, 0.29) is 10.6 Å². The van der Waals surface area contributed by atoms with E-state index in [4.69, 9.17) is 0 Å². The van der Waals surface area contributed by atoms with E-state index in [2.05, 4.69) is 10.3 Å². The van der Waals surface area contributed by atoms with Gasteiger partial charge in [-0.1, -0.05) is 12.1 Å². The van der Waals surface area contributed by atoms with Crippen LogP contribution < -0.4 is 5.32 Å². The zero-order valence-corrected chi connectivity index (χ0v) is 10.7. The quantitative estimate of drug-likeness (QED) is 0.665. The van der Waals surface area contributed by atoms with E-state index < -0.39 is 0 Å². The van der Waals surface area contributed by atoms with Crippen LogP contribution in [0.3, 0.4) is 0 Å². The normalized spacial score (nSPS) is 10.5. The smallest absolute Gasteiger partial charge is 0.272 e. The first-order chi connectivity index (χ1) is 8.68. The summed E-state index contributed by atoms with van der Waals surface area (Å²) in [5, 5.41) is 17.0. The highest BCUT2D eigenvalue weighted by Crippen LogP contribution is 2.20. The number of nitrogens with one attached hydrogen (secondary N) is 1. The Morgan fingerprint density at radius 1 is 1.44 bits per heavy atom. The molecule has 0 aliphatic carbocycles. The van der Waals surface area contributed by atoms with Crippen molar-refractivity contribution in [2.75, 3.05) is 0 Å². The van der Waals surface area contributed by atoms with Crippen molar-refractivity contribution in [2.24, 2.45) is 0 Å². The van der Waals surface area contributed by atoms with Crippen LogP contribution in [0.15, 0.2) is 29.8 Å². The number of thiazole rings is 1. The minimum atomic E-state index is -0.348. The maximum Gasteiger partial charge on any atom is 0.272 e.